The predicted molar refractivity (Wildman–Crippen MR) is 464 cm³/mol. The molecule has 0 aliphatic carbocycles. The third kappa shape index (κ3) is 9.99. The van der Waals surface area contributed by atoms with Crippen molar-refractivity contribution in [2.24, 2.45) is 0 Å². The molecule has 510 valence electrons. The Morgan fingerprint density at radius 3 is 0.936 bits per heavy atom. The summed E-state index contributed by atoms with van der Waals surface area (Å²) in [5, 5.41) is 4.40. The van der Waals surface area contributed by atoms with Crippen LogP contribution in [0.15, 0.2) is 405 Å². The van der Waals surface area contributed by atoms with E-state index in [4.69, 9.17) is 8.83 Å². The number of benzene rings is 17. The Morgan fingerprint density at radius 1 is 0.191 bits per heavy atom. The Labute approximate surface area is 646 Å². The highest BCUT2D eigenvalue weighted by Crippen LogP contribution is 2.53. The van der Waals surface area contributed by atoms with Crippen molar-refractivity contribution in [2.45, 2.75) is 19.6 Å². The van der Waals surface area contributed by atoms with Crippen molar-refractivity contribution >= 4 is 148 Å². The van der Waals surface area contributed by atoms with Crippen molar-refractivity contribution in [3.05, 3.63) is 376 Å². The third-order valence-electron chi connectivity index (χ3n) is 23.2. The van der Waals surface area contributed by atoms with E-state index in [1.807, 2.05) is 23.5 Å². The van der Waals surface area contributed by atoms with Crippen LogP contribution in [0.4, 0.5) is 34.1 Å². The van der Waals surface area contributed by atoms with Gasteiger partial charge in [0.05, 0.1) is 11.4 Å². The lowest BCUT2D eigenvalue weighted by Crippen LogP contribution is -2.64. The van der Waals surface area contributed by atoms with Crippen LogP contribution in [-0.4, -0.2) is 13.4 Å². The molecule has 23 rings (SSSR count). The van der Waals surface area contributed by atoms with Crippen LogP contribution in [0, 0.1) is 0 Å². The molecule has 0 amide bonds. The molecule has 6 heterocycles. The SMILES string of the molecule is c1ccc(-c2ccccc2-c2ccc3c(c2)Sc2cc(-c4ccc5oc6ccccc6c5c4)cc4c2B3c2cc3c(cc2N4c2ccccc2-c2ccccc2)N(c2ccccc2-c2ccccc2)c2cc(-c4ccc5oc6ccccc6c5c4)cc4c2B3c2ccc(-c3ccccc3-c3ccccc3)cc2S4)cc1. The van der Waals surface area contributed by atoms with Crippen molar-refractivity contribution in [1.29, 1.82) is 0 Å². The molecule has 4 aliphatic rings. The largest absolute Gasteiger partial charge is 0.456 e. The van der Waals surface area contributed by atoms with Gasteiger partial charge in [-0.2, -0.15) is 0 Å². The zero-order chi connectivity index (χ0) is 72.1. The van der Waals surface area contributed by atoms with Crippen LogP contribution in [0.1, 0.15) is 0 Å². The lowest BCUT2D eigenvalue weighted by atomic mass is 9.31. The first-order chi connectivity index (χ1) is 54.5. The molecule has 0 unspecified atom stereocenters. The van der Waals surface area contributed by atoms with Gasteiger partial charge in [0.25, 0.3) is 0 Å². The van der Waals surface area contributed by atoms with E-state index in [2.05, 4.69) is 386 Å². The molecule has 0 radical (unpaired) electrons. The van der Waals surface area contributed by atoms with Crippen LogP contribution in [0.25, 0.3) is 133 Å². The summed E-state index contributed by atoms with van der Waals surface area (Å²) in [5.41, 5.74) is 36.6. The highest BCUT2D eigenvalue weighted by atomic mass is 32.2. The molecular weight excluding hydrogens is 1370 g/mol. The molecule has 4 nitrogen and oxygen atoms in total. The molecule has 0 bridgehead atoms. The second kappa shape index (κ2) is 25.2. The van der Waals surface area contributed by atoms with Gasteiger partial charge in [-0.25, -0.2) is 0 Å². The quantitative estimate of drug-likeness (QED) is 0.127. The van der Waals surface area contributed by atoms with Gasteiger partial charge in [-0.05, 0) is 191 Å². The summed E-state index contributed by atoms with van der Waals surface area (Å²) in [6.07, 6.45) is 0. The van der Waals surface area contributed by atoms with E-state index in [0.29, 0.717) is 0 Å². The van der Waals surface area contributed by atoms with Gasteiger partial charge in [0, 0.05) is 75.0 Å². The summed E-state index contributed by atoms with van der Waals surface area (Å²) in [6, 6.07) is 140. The number of hydrogen-bond donors (Lipinski definition) is 0. The normalized spacial score (nSPS) is 12.9. The van der Waals surface area contributed by atoms with Gasteiger partial charge < -0.3 is 18.6 Å². The number of fused-ring (bicyclic) bond motifs is 14. The number of nitrogens with zero attached hydrogens (tertiary/aromatic N) is 2. The first-order valence-electron chi connectivity index (χ1n) is 37.7. The number of rotatable bonds is 10. The van der Waals surface area contributed by atoms with E-state index >= 15 is 0 Å². The van der Waals surface area contributed by atoms with Crippen molar-refractivity contribution in [2.75, 3.05) is 9.80 Å². The first-order valence-corrected chi connectivity index (χ1v) is 39.4. The minimum Gasteiger partial charge on any atom is -0.456 e. The lowest BCUT2D eigenvalue weighted by molar-refractivity contribution is 0.668. The second-order valence-electron chi connectivity index (χ2n) is 29.2. The first kappa shape index (κ1) is 62.9. The van der Waals surface area contributed by atoms with Crippen LogP contribution in [0.3, 0.4) is 0 Å². The van der Waals surface area contributed by atoms with E-state index in [-0.39, 0.29) is 13.4 Å². The Balaban J connectivity index is 0.830. The standard InChI is InChI=1S/C102H62B2N2O2S2/c1-5-25-63(26-6-1)73-33-13-15-35-75(73)69-45-49-83-97(57-69)109-99-59-71(67-47-51-95-81(53-67)79-39-19-23-43-93(79)107-95)55-91-101(99)103(83)85-61-86-90(62-89(85)105(91)87-41-21-17-37-77(87)65-29-9-3-10-30-65)106(88-42-22-18-38-78(88)66-31-11-4-12-32-66)92-56-72(68-48-52-96-82(54-68)80-40-20-24-44-94(80)108-96)60-100-102(92)104(86)84-50-46-70(58-98(84)110-100)76-36-16-14-34-74(76)64-27-7-2-8-28-64/h1-62H. The zero-order valence-electron chi connectivity index (χ0n) is 59.5. The van der Waals surface area contributed by atoms with Crippen molar-refractivity contribution in [1.82, 2.24) is 0 Å². The summed E-state index contributed by atoms with van der Waals surface area (Å²) in [6.45, 7) is -0.387. The monoisotopic (exact) mass is 1430 g/mol. The van der Waals surface area contributed by atoms with Crippen molar-refractivity contribution in [3.63, 3.8) is 0 Å². The average Bonchev–Trinajstić information content (AvgIpc) is 0.766. The van der Waals surface area contributed by atoms with Crippen LogP contribution in [0.2, 0.25) is 0 Å². The molecule has 0 N–H and O–H groups in total. The highest BCUT2D eigenvalue weighted by Gasteiger charge is 2.47. The van der Waals surface area contributed by atoms with Crippen LogP contribution >= 0.6 is 23.5 Å². The fourth-order valence-electron chi connectivity index (χ4n) is 18.2. The molecule has 0 atom stereocenters. The Morgan fingerprint density at radius 2 is 0.518 bits per heavy atom. The van der Waals surface area contributed by atoms with Gasteiger partial charge in [-0.15, -0.1) is 0 Å². The number of hydrogen-bond acceptors (Lipinski definition) is 6. The van der Waals surface area contributed by atoms with Gasteiger partial charge in [0.1, 0.15) is 22.3 Å². The van der Waals surface area contributed by atoms with E-state index in [1.54, 1.807) is 0 Å². The predicted octanol–water partition coefficient (Wildman–Crippen LogP) is 24.3. The van der Waals surface area contributed by atoms with Gasteiger partial charge >= 0.3 is 0 Å². The maximum Gasteiger partial charge on any atom is 0.249 e. The molecule has 0 saturated heterocycles. The smallest absolute Gasteiger partial charge is 0.249 e. The van der Waals surface area contributed by atoms with Crippen LogP contribution < -0.4 is 42.6 Å². The molecular formula is C102H62B2N2O2S2. The summed E-state index contributed by atoms with van der Waals surface area (Å²) in [5.74, 6) is 0. The fourth-order valence-corrected chi connectivity index (χ4v) is 20.7. The van der Waals surface area contributed by atoms with Gasteiger partial charge in [-0.3, -0.25) is 0 Å². The molecule has 110 heavy (non-hydrogen) atoms. The maximum atomic E-state index is 6.56. The van der Waals surface area contributed by atoms with Gasteiger partial charge in [0.2, 0.25) is 13.4 Å². The molecule has 19 aromatic rings. The average molecular weight is 1430 g/mol. The second-order valence-corrected chi connectivity index (χ2v) is 31.4. The highest BCUT2D eigenvalue weighted by molar-refractivity contribution is 8.00. The van der Waals surface area contributed by atoms with Gasteiger partial charge in [0.15, 0.2) is 0 Å². The molecule has 0 spiro atoms. The van der Waals surface area contributed by atoms with E-state index in [0.717, 1.165) is 123 Å². The summed E-state index contributed by atoms with van der Waals surface area (Å²) in [7, 11) is 0. The lowest BCUT2D eigenvalue weighted by Gasteiger charge is -2.45. The minimum absolute atomic E-state index is 0.194. The summed E-state index contributed by atoms with van der Waals surface area (Å²) in [4.78, 5) is 10.3. The van der Waals surface area contributed by atoms with E-state index in [9.17, 15) is 0 Å². The van der Waals surface area contributed by atoms with Gasteiger partial charge in [-0.1, -0.05) is 320 Å². The molecule has 2 aromatic heterocycles. The number of anilines is 6. The molecule has 0 saturated carbocycles. The summed E-state index contributed by atoms with van der Waals surface area (Å²) < 4.78 is 13.1. The zero-order valence-corrected chi connectivity index (χ0v) is 61.1. The van der Waals surface area contributed by atoms with E-state index in [1.165, 1.54) is 96.9 Å². The Hall–Kier alpha value is -13.2. The molecule has 4 aliphatic heterocycles. The Bertz CT molecular complexity index is 6600. The summed E-state index contributed by atoms with van der Waals surface area (Å²) >= 11 is 3.82. The number of para-hydroxylation sites is 4. The van der Waals surface area contributed by atoms with Crippen LogP contribution in [0.5, 0.6) is 0 Å². The molecule has 8 heteroatoms. The molecule has 17 aromatic carbocycles. The topological polar surface area (TPSA) is 32.8 Å². The minimum atomic E-state index is -0.194. The third-order valence-corrected chi connectivity index (χ3v) is 25.5. The Kier molecular flexibility index (Phi) is 14.4. The fraction of sp³-hybridized carbons (Fsp3) is 0. The van der Waals surface area contributed by atoms with Crippen molar-refractivity contribution < 1.29 is 8.83 Å². The van der Waals surface area contributed by atoms with Crippen LogP contribution in [-0.2, 0) is 0 Å². The molecule has 0 fully saturated rings. The van der Waals surface area contributed by atoms with E-state index < -0.39 is 0 Å². The van der Waals surface area contributed by atoms with Crippen molar-refractivity contribution in [3.8, 4) is 89.0 Å². The maximum absolute atomic E-state index is 6.56. The number of furan rings is 2.